The van der Waals surface area contributed by atoms with Gasteiger partial charge in [-0.05, 0) is 64.2 Å². The molecule has 4 fully saturated rings. The summed E-state index contributed by atoms with van der Waals surface area (Å²) >= 11 is 0. The minimum Gasteiger partial charge on any atom is -0.394 e. The molecule has 4 aliphatic rings. The van der Waals surface area contributed by atoms with Crippen LogP contribution in [0.2, 0.25) is 0 Å². The standard InChI is InChI=1S/C63H111N9O28/c1-37(76)70-51-57(88)54(85)41(33-73)98-61(51)95-26-7-4-13-45(79)64-20-10-23-67-48(82)17-29-91-36-44-60(94-32-19-50(84)69-25-12-22-66-47(81)15-6-9-28-97-63-53(72-39(3)78)59(90)56(87)43(35-75)100-63)40(16-30-93-44)92-31-18-49(83)68-24-11-21-65-46(80)14-5-8-27-96-62-52(71-38(2)77)58(89)55(86)42(34-74)99-62/h40-44,51-63,73-75,85-90H,4-36H2,1-3H3,(H,64,79)(H,65,80)(H,66,81)(H,67,82)(H,68,83)(H,69,84)(H,70,76)(H,71,77)(H,72,78)/t40-,41-,42-,43-,44-,51-,52-,53-,54+,55+,56+,57-,58-,59-,60+,61-,62-,63-/m1/s1. The summed E-state index contributed by atoms with van der Waals surface area (Å²) < 4.78 is 58.1. The molecule has 0 unspecified atom stereocenters. The van der Waals surface area contributed by atoms with Gasteiger partial charge in [0, 0.05) is 125 Å². The molecule has 4 saturated heterocycles. The zero-order valence-corrected chi connectivity index (χ0v) is 57.5. The van der Waals surface area contributed by atoms with E-state index >= 15 is 0 Å². The summed E-state index contributed by atoms with van der Waals surface area (Å²) in [5.74, 6) is -3.03. The number of carbonyl (C=O) groups is 9. The van der Waals surface area contributed by atoms with Crippen LogP contribution in [0.1, 0.15) is 124 Å². The zero-order chi connectivity index (χ0) is 73.4. The average Bonchev–Trinajstić information content (AvgIpc) is 0.827. The number of hydrogen-bond acceptors (Lipinski definition) is 28. The highest BCUT2D eigenvalue weighted by atomic mass is 16.7. The Hall–Kier alpha value is -5.53. The van der Waals surface area contributed by atoms with Gasteiger partial charge in [0.2, 0.25) is 53.2 Å². The summed E-state index contributed by atoms with van der Waals surface area (Å²) in [6.45, 7) is 4.16. The third-order valence-corrected chi connectivity index (χ3v) is 16.5. The minimum atomic E-state index is -1.44. The third-order valence-electron chi connectivity index (χ3n) is 16.5. The lowest BCUT2D eigenvalue weighted by Crippen LogP contribution is -2.64. The predicted octanol–water partition coefficient (Wildman–Crippen LogP) is -7.01. The second-order valence-electron chi connectivity index (χ2n) is 24.7. The molecular formula is C63H111N9O28. The fraction of sp³-hybridized carbons (Fsp3) is 0.857. The van der Waals surface area contributed by atoms with E-state index < -0.39 is 148 Å². The maximum Gasteiger partial charge on any atom is 0.222 e. The van der Waals surface area contributed by atoms with Gasteiger partial charge in [-0.25, -0.2) is 0 Å². The van der Waals surface area contributed by atoms with E-state index in [1.165, 1.54) is 20.8 Å². The smallest absolute Gasteiger partial charge is 0.222 e. The van der Waals surface area contributed by atoms with Crippen molar-refractivity contribution in [2.75, 3.05) is 112 Å². The predicted molar refractivity (Wildman–Crippen MR) is 346 cm³/mol. The van der Waals surface area contributed by atoms with Gasteiger partial charge in [-0.1, -0.05) is 0 Å². The molecule has 0 bridgehead atoms. The molecule has 18 N–H and O–H groups in total. The molecule has 0 spiro atoms. The Morgan fingerprint density at radius 2 is 0.670 bits per heavy atom. The molecule has 4 aliphatic heterocycles. The van der Waals surface area contributed by atoms with Crippen LogP contribution in [0.5, 0.6) is 0 Å². The van der Waals surface area contributed by atoms with Gasteiger partial charge in [-0.3, -0.25) is 43.2 Å². The fourth-order valence-corrected chi connectivity index (χ4v) is 11.1. The van der Waals surface area contributed by atoms with Crippen molar-refractivity contribution < 1.29 is 136 Å². The Labute approximate surface area is 581 Å². The van der Waals surface area contributed by atoms with Crippen molar-refractivity contribution in [3.63, 3.8) is 0 Å². The maximum atomic E-state index is 12.9. The summed E-state index contributed by atoms with van der Waals surface area (Å²) in [6, 6.07) is -3.22. The number of unbranched alkanes of at least 4 members (excludes halogenated alkanes) is 3. The molecule has 9 amide bonds. The number of amides is 9. The monoisotopic (exact) mass is 1440 g/mol. The van der Waals surface area contributed by atoms with Crippen molar-refractivity contribution in [3.05, 3.63) is 0 Å². The first kappa shape index (κ1) is 86.9. The average molecular weight is 1440 g/mol. The number of aliphatic hydroxyl groups is 9. The molecule has 576 valence electrons. The van der Waals surface area contributed by atoms with Gasteiger partial charge in [0.25, 0.3) is 0 Å². The molecule has 100 heavy (non-hydrogen) atoms. The van der Waals surface area contributed by atoms with Crippen LogP contribution in [-0.2, 0) is 90.5 Å². The highest BCUT2D eigenvalue weighted by Crippen LogP contribution is 2.27. The van der Waals surface area contributed by atoms with Crippen LogP contribution >= 0.6 is 0 Å². The molecule has 0 radical (unpaired) electrons. The largest absolute Gasteiger partial charge is 0.394 e. The molecule has 0 aromatic rings. The molecule has 0 aromatic carbocycles. The fourth-order valence-electron chi connectivity index (χ4n) is 11.1. The molecule has 4 rings (SSSR count). The van der Waals surface area contributed by atoms with Crippen molar-refractivity contribution in [1.82, 2.24) is 47.9 Å². The Bertz CT molecular complexity index is 2430. The van der Waals surface area contributed by atoms with Gasteiger partial charge < -0.3 is 141 Å². The quantitative estimate of drug-likeness (QED) is 0.0252. The molecule has 4 heterocycles. The lowest BCUT2D eigenvalue weighted by molar-refractivity contribution is -0.270. The number of rotatable bonds is 49. The first-order valence-electron chi connectivity index (χ1n) is 34.5. The minimum absolute atomic E-state index is 0.00310. The molecule has 37 nitrogen and oxygen atoms in total. The van der Waals surface area contributed by atoms with E-state index in [0.717, 1.165) is 0 Å². The first-order valence-corrected chi connectivity index (χ1v) is 34.5. The molecular weight excluding hydrogens is 1330 g/mol. The lowest BCUT2D eigenvalue weighted by atomic mass is 9.97. The molecule has 37 heteroatoms. The van der Waals surface area contributed by atoms with E-state index in [-0.39, 0.29) is 160 Å². The highest BCUT2D eigenvalue weighted by molar-refractivity contribution is 5.78. The summed E-state index contributed by atoms with van der Waals surface area (Å²) in [6.07, 6.45) is -12.7. The van der Waals surface area contributed by atoms with E-state index in [1.54, 1.807) is 0 Å². The number of ether oxygens (including phenoxy) is 10. The van der Waals surface area contributed by atoms with Crippen molar-refractivity contribution in [3.8, 4) is 0 Å². The summed E-state index contributed by atoms with van der Waals surface area (Å²) in [5.41, 5.74) is 0. The van der Waals surface area contributed by atoms with Crippen molar-refractivity contribution in [1.29, 1.82) is 0 Å². The van der Waals surface area contributed by atoms with Gasteiger partial charge in [0.05, 0.1) is 52.4 Å². The van der Waals surface area contributed by atoms with Gasteiger partial charge in [0.15, 0.2) is 18.9 Å². The zero-order valence-electron chi connectivity index (χ0n) is 57.5. The van der Waals surface area contributed by atoms with Gasteiger partial charge in [0.1, 0.15) is 85.3 Å². The Morgan fingerprint density at radius 3 is 0.990 bits per heavy atom. The maximum absolute atomic E-state index is 12.9. The van der Waals surface area contributed by atoms with Crippen LogP contribution in [0.4, 0.5) is 0 Å². The van der Waals surface area contributed by atoms with E-state index in [2.05, 4.69) is 47.9 Å². The molecule has 0 aliphatic carbocycles. The molecule has 0 aromatic heterocycles. The number of carbonyl (C=O) groups excluding carboxylic acids is 9. The van der Waals surface area contributed by atoms with Crippen LogP contribution in [0.25, 0.3) is 0 Å². The van der Waals surface area contributed by atoms with Gasteiger partial charge in [-0.15, -0.1) is 0 Å². The van der Waals surface area contributed by atoms with E-state index in [1.807, 2.05) is 0 Å². The summed E-state index contributed by atoms with van der Waals surface area (Å²) in [7, 11) is 0. The van der Waals surface area contributed by atoms with Crippen LogP contribution in [-0.4, -0.2) is 321 Å². The Kier molecular flexibility index (Phi) is 42.7. The van der Waals surface area contributed by atoms with Crippen LogP contribution in [0.3, 0.4) is 0 Å². The second-order valence-corrected chi connectivity index (χ2v) is 24.7. The van der Waals surface area contributed by atoms with E-state index in [4.69, 9.17) is 47.4 Å². The number of hydrogen-bond donors (Lipinski definition) is 18. The van der Waals surface area contributed by atoms with Gasteiger partial charge in [-0.2, -0.15) is 0 Å². The van der Waals surface area contributed by atoms with E-state index in [9.17, 15) is 89.1 Å². The van der Waals surface area contributed by atoms with Crippen LogP contribution in [0.15, 0.2) is 0 Å². The Balaban J connectivity index is 1.13. The lowest BCUT2D eigenvalue weighted by Gasteiger charge is -2.42. The van der Waals surface area contributed by atoms with Crippen molar-refractivity contribution in [2.45, 2.75) is 234 Å². The van der Waals surface area contributed by atoms with Crippen LogP contribution < -0.4 is 47.9 Å². The second kappa shape index (κ2) is 49.2. The third kappa shape index (κ3) is 32.8. The first-order chi connectivity index (χ1) is 48.0. The summed E-state index contributed by atoms with van der Waals surface area (Å²) in [4.78, 5) is 111. The van der Waals surface area contributed by atoms with Crippen molar-refractivity contribution >= 4 is 53.2 Å². The van der Waals surface area contributed by atoms with E-state index in [0.29, 0.717) is 70.8 Å². The normalized spacial score (nSPS) is 28.2. The van der Waals surface area contributed by atoms with Crippen LogP contribution in [0, 0.1) is 0 Å². The highest BCUT2D eigenvalue weighted by Gasteiger charge is 2.48. The number of nitrogens with one attached hydrogen (secondary N) is 9. The molecule has 0 saturated carbocycles. The Morgan fingerprint density at radius 1 is 0.360 bits per heavy atom. The number of aliphatic hydroxyl groups excluding tert-OH is 9. The topological polar surface area (TPSA) is 536 Å². The summed E-state index contributed by atoms with van der Waals surface area (Å²) in [5, 5.41) is 115. The SMILES string of the molecule is CC(=O)N[C@H]1[C@H](OCCCCC(=O)NCCCNC(=O)CCOC[C@H]2OCC[C@@H](OCCC(=O)NCCCNC(=O)CCCCO[C@@H]3O[C@H](CO)[C@H](O)[C@H](O)[C@H]3NC(C)=O)[C@@H]2OCCC(=O)NCCCNC(=O)CCCCO[C@@H]2O[C@H](CO)[C@H](O)[C@H](O)[C@H]2NC(C)=O)O[C@H](CO)[C@H](O)[C@@H]1O. The molecule has 18 atom stereocenters. The van der Waals surface area contributed by atoms with Gasteiger partial charge >= 0.3 is 0 Å². The van der Waals surface area contributed by atoms with Crippen molar-refractivity contribution in [2.24, 2.45) is 0 Å².